The topological polar surface area (TPSA) is 41.5 Å². The summed E-state index contributed by atoms with van der Waals surface area (Å²) in [7, 11) is 1.39. The maximum absolute atomic E-state index is 13.5. The molecule has 3 nitrogen and oxygen atoms in total. The minimum absolute atomic E-state index is 0.0928. The molecule has 0 aromatic heterocycles. The van der Waals surface area contributed by atoms with Crippen molar-refractivity contribution in [2.45, 2.75) is 18.8 Å². The van der Waals surface area contributed by atoms with E-state index in [9.17, 15) is 9.50 Å². The lowest BCUT2D eigenvalue weighted by Crippen LogP contribution is -2.26. The third-order valence-electron chi connectivity index (χ3n) is 3.08. The van der Waals surface area contributed by atoms with Crippen molar-refractivity contribution in [2.24, 2.45) is 0 Å². The van der Waals surface area contributed by atoms with Crippen molar-refractivity contribution in [3.05, 3.63) is 23.5 Å². The van der Waals surface area contributed by atoms with Crippen LogP contribution in [0.15, 0.2) is 12.1 Å². The minimum atomic E-state index is -0.408. The number of ether oxygens (including phenoxy) is 1. The predicted molar refractivity (Wildman–Crippen MR) is 59.5 cm³/mol. The molecule has 4 heteroatoms. The highest BCUT2D eigenvalue weighted by atomic mass is 19.1. The van der Waals surface area contributed by atoms with Crippen molar-refractivity contribution in [3.8, 4) is 11.5 Å². The van der Waals surface area contributed by atoms with E-state index in [2.05, 4.69) is 5.32 Å². The first kappa shape index (κ1) is 11.2. The number of methoxy groups -OCH3 is 1. The Morgan fingerprint density at radius 2 is 2.06 bits per heavy atom. The van der Waals surface area contributed by atoms with Crippen LogP contribution in [0.1, 0.15) is 24.3 Å². The first-order valence-electron chi connectivity index (χ1n) is 5.49. The van der Waals surface area contributed by atoms with E-state index in [0.717, 1.165) is 25.9 Å². The quantitative estimate of drug-likeness (QED) is 0.809. The molecule has 1 heterocycles. The highest BCUT2D eigenvalue weighted by Gasteiger charge is 2.20. The van der Waals surface area contributed by atoms with Gasteiger partial charge in [0.25, 0.3) is 0 Å². The Hall–Kier alpha value is -1.29. The predicted octanol–water partition coefficient (Wildman–Crippen LogP) is 2.01. The van der Waals surface area contributed by atoms with Gasteiger partial charge in [0, 0.05) is 11.6 Å². The standard InChI is InChI=1S/C12H16FNO2/c1-16-12-7-11(15)9(6-10(12)13)8-2-4-14-5-3-8/h6-8,14-15H,2-5H2,1H3. The average Bonchev–Trinajstić information content (AvgIpc) is 2.32. The Morgan fingerprint density at radius 1 is 1.38 bits per heavy atom. The van der Waals surface area contributed by atoms with Crippen LogP contribution in [0.25, 0.3) is 0 Å². The summed E-state index contributed by atoms with van der Waals surface area (Å²) in [6, 6.07) is 2.75. The maximum Gasteiger partial charge on any atom is 0.165 e. The normalized spacial score (nSPS) is 17.4. The second kappa shape index (κ2) is 4.70. The SMILES string of the molecule is COc1cc(O)c(C2CCNCC2)cc1F. The molecule has 0 unspecified atom stereocenters. The zero-order valence-electron chi connectivity index (χ0n) is 9.29. The van der Waals surface area contributed by atoms with Crippen LogP contribution in [-0.4, -0.2) is 25.3 Å². The number of piperidine rings is 1. The molecule has 0 spiro atoms. The fourth-order valence-electron chi connectivity index (χ4n) is 2.17. The number of aromatic hydroxyl groups is 1. The van der Waals surface area contributed by atoms with Crippen molar-refractivity contribution in [3.63, 3.8) is 0 Å². The molecule has 1 aliphatic rings. The first-order valence-corrected chi connectivity index (χ1v) is 5.49. The van der Waals surface area contributed by atoms with Crippen molar-refractivity contribution in [1.29, 1.82) is 0 Å². The molecule has 1 saturated heterocycles. The van der Waals surface area contributed by atoms with Crippen LogP contribution in [-0.2, 0) is 0 Å². The second-order valence-corrected chi connectivity index (χ2v) is 4.07. The molecular formula is C12H16FNO2. The molecule has 16 heavy (non-hydrogen) atoms. The number of phenolic OH excluding ortho intramolecular Hbond substituents is 1. The Morgan fingerprint density at radius 3 is 2.69 bits per heavy atom. The van der Waals surface area contributed by atoms with E-state index in [1.54, 1.807) is 0 Å². The Labute approximate surface area is 94.2 Å². The minimum Gasteiger partial charge on any atom is -0.508 e. The largest absolute Gasteiger partial charge is 0.508 e. The zero-order chi connectivity index (χ0) is 11.5. The molecule has 0 bridgehead atoms. The summed E-state index contributed by atoms with van der Waals surface area (Å²) in [6.07, 6.45) is 1.86. The van der Waals surface area contributed by atoms with E-state index in [1.165, 1.54) is 19.2 Å². The van der Waals surface area contributed by atoms with E-state index in [1.807, 2.05) is 0 Å². The van der Waals surface area contributed by atoms with Gasteiger partial charge in [0.15, 0.2) is 11.6 Å². The average molecular weight is 225 g/mol. The summed E-state index contributed by atoms with van der Waals surface area (Å²) in [5.74, 6) is 0.0517. The third-order valence-corrected chi connectivity index (χ3v) is 3.08. The molecule has 0 saturated carbocycles. The molecule has 0 aliphatic carbocycles. The lowest BCUT2D eigenvalue weighted by atomic mass is 9.89. The van der Waals surface area contributed by atoms with Crippen LogP contribution in [0.3, 0.4) is 0 Å². The number of rotatable bonds is 2. The summed E-state index contributed by atoms with van der Waals surface area (Å²) in [5.41, 5.74) is 0.694. The molecular weight excluding hydrogens is 209 g/mol. The highest BCUT2D eigenvalue weighted by Crippen LogP contribution is 2.35. The van der Waals surface area contributed by atoms with E-state index < -0.39 is 5.82 Å². The molecule has 0 atom stereocenters. The lowest BCUT2D eigenvalue weighted by molar-refractivity contribution is 0.374. The molecule has 2 N–H and O–H groups in total. The molecule has 1 aliphatic heterocycles. The third kappa shape index (κ3) is 2.11. The van der Waals surface area contributed by atoms with E-state index in [-0.39, 0.29) is 17.4 Å². The van der Waals surface area contributed by atoms with Crippen LogP contribution < -0.4 is 10.1 Å². The molecule has 1 aromatic rings. The fourth-order valence-corrected chi connectivity index (χ4v) is 2.17. The zero-order valence-corrected chi connectivity index (χ0v) is 9.29. The number of nitrogens with one attached hydrogen (secondary N) is 1. The van der Waals surface area contributed by atoms with Crippen LogP contribution in [0.4, 0.5) is 4.39 Å². The maximum atomic E-state index is 13.5. The van der Waals surface area contributed by atoms with E-state index in [4.69, 9.17) is 4.74 Å². The van der Waals surface area contributed by atoms with Gasteiger partial charge in [-0.3, -0.25) is 0 Å². The highest BCUT2D eigenvalue weighted by molar-refractivity contribution is 5.43. The second-order valence-electron chi connectivity index (χ2n) is 4.07. The van der Waals surface area contributed by atoms with Gasteiger partial charge in [0.05, 0.1) is 7.11 Å². The van der Waals surface area contributed by atoms with Gasteiger partial charge in [0.2, 0.25) is 0 Å². The summed E-state index contributed by atoms with van der Waals surface area (Å²) < 4.78 is 18.4. The van der Waals surface area contributed by atoms with Gasteiger partial charge in [-0.05, 0) is 37.9 Å². The van der Waals surface area contributed by atoms with Gasteiger partial charge < -0.3 is 15.2 Å². The number of phenols is 1. The molecule has 88 valence electrons. The first-order chi connectivity index (χ1) is 7.72. The Bertz CT molecular complexity index is 376. The van der Waals surface area contributed by atoms with Crippen molar-refractivity contribution in [2.75, 3.05) is 20.2 Å². The summed E-state index contributed by atoms with van der Waals surface area (Å²) in [6.45, 7) is 1.83. The van der Waals surface area contributed by atoms with Crippen LogP contribution >= 0.6 is 0 Å². The van der Waals surface area contributed by atoms with Gasteiger partial charge in [-0.1, -0.05) is 0 Å². The van der Waals surface area contributed by atoms with Crippen LogP contribution in [0.5, 0.6) is 11.5 Å². The number of hydrogen-bond acceptors (Lipinski definition) is 3. The smallest absolute Gasteiger partial charge is 0.165 e. The van der Waals surface area contributed by atoms with Gasteiger partial charge in [-0.25, -0.2) is 4.39 Å². The Balaban J connectivity index is 2.29. The van der Waals surface area contributed by atoms with E-state index >= 15 is 0 Å². The molecule has 2 rings (SSSR count). The number of hydrogen-bond donors (Lipinski definition) is 2. The number of benzene rings is 1. The summed E-state index contributed by atoms with van der Waals surface area (Å²) >= 11 is 0. The lowest BCUT2D eigenvalue weighted by Gasteiger charge is -2.24. The fraction of sp³-hybridized carbons (Fsp3) is 0.500. The summed E-state index contributed by atoms with van der Waals surface area (Å²) in [4.78, 5) is 0. The molecule has 0 radical (unpaired) electrons. The van der Waals surface area contributed by atoms with Gasteiger partial charge in [-0.15, -0.1) is 0 Å². The molecule has 0 amide bonds. The monoisotopic (exact) mass is 225 g/mol. The van der Waals surface area contributed by atoms with Crippen molar-refractivity contribution < 1.29 is 14.2 Å². The van der Waals surface area contributed by atoms with Crippen LogP contribution in [0.2, 0.25) is 0 Å². The van der Waals surface area contributed by atoms with Crippen LogP contribution in [0, 0.1) is 5.82 Å². The molecule has 1 aromatic carbocycles. The van der Waals surface area contributed by atoms with E-state index in [0.29, 0.717) is 5.56 Å². The number of halogens is 1. The van der Waals surface area contributed by atoms with Crippen molar-refractivity contribution >= 4 is 0 Å². The van der Waals surface area contributed by atoms with Gasteiger partial charge in [-0.2, -0.15) is 0 Å². The summed E-state index contributed by atoms with van der Waals surface area (Å²) in [5, 5.41) is 13.1. The Kier molecular flexibility index (Phi) is 3.29. The van der Waals surface area contributed by atoms with Gasteiger partial charge in [0.1, 0.15) is 5.75 Å². The van der Waals surface area contributed by atoms with Crippen molar-refractivity contribution in [1.82, 2.24) is 5.32 Å². The molecule has 1 fully saturated rings. The van der Waals surface area contributed by atoms with Gasteiger partial charge >= 0.3 is 0 Å².